The smallest absolute Gasteiger partial charge is 0.323 e. The van der Waals surface area contributed by atoms with Crippen molar-refractivity contribution in [2.75, 3.05) is 5.32 Å². The molecular weight excluding hydrogens is 378 g/mol. The van der Waals surface area contributed by atoms with Gasteiger partial charge in [-0.1, -0.05) is 36.7 Å². The molecule has 3 aromatic rings. The molecule has 7 heteroatoms. The number of nitrogens with one attached hydrogen (secondary N) is 1. The summed E-state index contributed by atoms with van der Waals surface area (Å²) in [6.45, 7) is 5.40. The van der Waals surface area contributed by atoms with Gasteiger partial charge in [0.15, 0.2) is 0 Å². The molecule has 1 heterocycles. The number of benzene rings is 2. The fourth-order valence-corrected chi connectivity index (χ4v) is 3.40. The Bertz CT molecular complexity index is 1160. The first-order valence-corrected chi connectivity index (χ1v) is 9.51. The monoisotopic (exact) mass is 399 g/mol. The van der Waals surface area contributed by atoms with Crippen LogP contribution < -0.4 is 16.6 Å². The number of hydrogen-bond donors (Lipinski definition) is 1. The number of hydrogen-bond acceptors (Lipinski definition) is 3. The van der Waals surface area contributed by atoms with Crippen molar-refractivity contribution in [3.63, 3.8) is 0 Å². The van der Waals surface area contributed by atoms with Crippen molar-refractivity contribution >= 4 is 34.1 Å². The van der Waals surface area contributed by atoms with Gasteiger partial charge in [0, 0.05) is 6.04 Å². The standard InChI is InChI=1S/C21H22ClN3O3/c1-4-14(3)25-20(27)15-7-5-6-8-18(15)24(21(25)28)12-19(26)23-17-10-9-13(2)11-16(17)22/h5-11,14H,4,12H2,1-3H3,(H,23,26)/t14-/m0/s1. The molecule has 0 spiro atoms. The minimum absolute atomic E-state index is 0.222. The van der Waals surface area contributed by atoms with Gasteiger partial charge in [0.2, 0.25) is 5.91 Å². The highest BCUT2D eigenvalue weighted by molar-refractivity contribution is 6.33. The van der Waals surface area contributed by atoms with E-state index in [-0.39, 0.29) is 18.1 Å². The number of nitrogens with zero attached hydrogens (tertiary/aromatic N) is 2. The normalized spacial score (nSPS) is 12.1. The fourth-order valence-electron chi connectivity index (χ4n) is 3.12. The lowest BCUT2D eigenvalue weighted by Crippen LogP contribution is -2.43. The Labute approximate surface area is 167 Å². The zero-order chi connectivity index (χ0) is 20.4. The summed E-state index contributed by atoms with van der Waals surface area (Å²) >= 11 is 6.18. The summed E-state index contributed by atoms with van der Waals surface area (Å²) in [5.41, 5.74) is 1.05. The number of fused-ring (bicyclic) bond motifs is 1. The van der Waals surface area contributed by atoms with Crippen molar-refractivity contribution in [2.24, 2.45) is 0 Å². The van der Waals surface area contributed by atoms with Gasteiger partial charge in [-0.3, -0.25) is 18.7 Å². The van der Waals surface area contributed by atoms with Crippen LogP contribution in [0.2, 0.25) is 5.02 Å². The van der Waals surface area contributed by atoms with Gasteiger partial charge < -0.3 is 5.32 Å². The summed E-state index contributed by atoms with van der Waals surface area (Å²) in [6.07, 6.45) is 0.624. The minimum Gasteiger partial charge on any atom is -0.323 e. The van der Waals surface area contributed by atoms with Crippen molar-refractivity contribution in [1.82, 2.24) is 9.13 Å². The summed E-state index contributed by atoms with van der Waals surface area (Å²) < 4.78 is 2.55. The fraction of sp³-hybridized carbons (Fsp3) is 0.286. The van der Waals surface area contributed by atoms with E-state index in [4.69, 9.17) is 11.6 Å². The van der Waals surface area contributed by atoms with Crippen molar-refractivity contribution in [2.45, 2.75) is 39.8 Å². The highest BCUT2D eigenvalue weighted by atomic mass is 35.5. The second kappa shape index (κ2) is 8.02. The lowest BCUT2D eigenvalue weighted by atomic mass is 10.2. The lowest BCUT2D eigenvalue weighted by molar-refractivity contribution is -0.116. The summed E-state index contributed by atoms with van der Waals surface area (Å²) in [5, 5.41) is 3.57. The molecule has 0 aliphatic rings. The summed E-state index contributed by atoms with van der Waals surface area (Å²) in [5.74, 6) is -0.396. The largest absolute Gasteiger partial charge is 0.332 e. The highest BCUT2D eigenvalue weighted by Gasteiger charge is 2.18. The molecule has 0 saturated heterocycles. The Morgan fingerprint density at radius 3 is 2.57 bits per heavy atom. The van der Waals surface area contributed by atoms with Crippen molar-refractivity contribution < 1.29 is 4.79 Å². The summed E-state index contributed by atoms with van der Waals surface area (Å²) in [6, 6.07) is 11.9. The number of aromatic nitrogens is 2. The number of carbonyl (C=O) groups excluding carboxylic acids is 1. The zero-order valence-corrected chi connectivity index (χ0v) is 16.8. The maximum atomic E-state index is 13.0. The molecule has 28 heavy (non-hydrogen) atoms. The SMILES string of the molecule is CC[C@H](C)n1c(=O)c2ccccc2n(CC(=O)Nc2ccc(C)cc2Cl)c1=O. The Morgan fingerprint density at radius 2 is 1.89 bits per heavy atom. The van der Waals surface area contributed by atoms with E-state index in [1.54, 1.807) is 36.4 Å². The summed E-state index contributed by atoms with van der Waals surface area (Å²) in [4.78, 5) is 38.4. The van der Waals surface area contributed by atoms with Crippen LogP contribution in [0.1, 0.15) is 31.9 Å². The molecule has 1 aromatic heterocycles. The first-order valence-electron chi connectivity index (χ1n) is 9.13. The molecule has 0 unspecified atom stereocenters. The zero-order valence-electron chi connectivity index (χ0n) is 16.0. The third-order valence-corrected chi connectivity index (χ3v) is 5.13. The van der Waals surface area contributed by atoms with E-state index in [9.17, 15) is 14.4 Å². The van der Waals surface area contributed by atoms with Gasteiger partial charge in [-0.15, -0.1) is 0 Å². The quantitative estimate of drug-likeness (QED) is 0.710. The number of amides is 1. The van der Waals surface area contributed by atoms with E-state index in [2.05, 4.69) is 5.32 Å². The number of para-hydroxylation sites is 1. The van der Waals surface area contributed by atoms with Crippen LogP contribution in [-0.4, -0.2) is 15.0 Å². The molecule has 0 fully saturated rings. The van der Waals surface area contributed by atoms with Crippen molar-refractivity contribution in [3.05, 3.63) is 73.9 Å². The molecule has 146 valence electrons. The van der Waals surface area contributed by atoms with Gasteiger partial charge >= 0.3 is 5.69 Å². The van der Waals surface area contributed by atoms with E-state index in [1.165, 1.54) is 9.13 Å². The van der Waals surface area contributed by atoms with Crippen LogP contribution in [0.4, 0.5) is 5.69 Å². The van der Waals surface area contributed by atoms with Gasteiger partial charge in [-0.2, -0.15) is 0 Å². The lowest BCUT2D eigenvalue weighted by Gasteiger charge is -2.17. The number of halogens is 1. The molecule has 1 amide bonds. The van der Waals surface area contributed by atoms with Gasteiger partial charge in [0.05, 0.1) is 21.6 Å². The molecule has 0 radical (unpaired) electrons. The van der Waals surface area contributed by atoms with E-state index in [0.717, 1.165) is 5.56 Å². The molecule has 6 nitrogen and oxygen atoms in total. The average molecular weight is 400 g/mol. The van der Waals surface area contributed by atoms with Crippen LogP contribution in [0.15, 0.2) is 52.1 Å². The van der Waals surface area contributed by atoms with E-state index >= 15 is 0 Å². The van der Waals surface area contributed by atoms with E-state index < -0.39 is 11.6 Å². The van der Waals surface area contributed by atoms with Crippen LogP contribution in [-0.2, 0) is 11.3 Å². The highest BCUT2D eigenvalue weighted by Crippen LogP contribution is 2.22. The van der Waals surface area contributed by atoms with Crippen molar-refractivity contribution in [1.29, 1.82) is 0 Å². The Kier molecular flexibility index (Phi) is 5.70. The van der Waals surface area contributed by atoms with Gasteiger partial charge in [0.1, 0.15) is 6.54 Å². The molecule has 3 rings (SSSR count). The molecule has 2 aromatic carbocycles. The first-order chi connectivity index (χ1) is 13.3. The first kappa shape index (κ1) is 19.9. The van der Waals surface area contributed by atoms with Crippen LogP contribution in [0, 0.1) is 6.92 Å². The van der Waals surface area contributed by atoms with Gasteiger partial charge in [-0.05, 0) is 50.1 Å². The second-order valence-corrected chi connectivity index (χ2v) is 7.26. The van der Waals surface area contributed by atoms with E-state index in [0.29, 0.717) is 28.0 Å². The molecule has 0 saturated carbocycles. The van der Waals surface area contributed by atoms with Crippen LogP contribution >= 0.6 is 11.6 Å². The topological polar surface area (TPSA) is 73.1 Å². The third-order valence-electron chi connectivity index (χ3n) is 4.81. The second-order valence-electron chi connectivity index (χ2n) is 6.85. The Balaban J connectivity index is 2.06. The molecule has 1 atom stereocenters. The molecule has 1 N–H and O–H groups in total. The number of carbonyl (C=O) groups is 1. The molecule has 0 aliphatic carbocycles. The third kappa shape index (κ3) is 3.73. The minimum atomic E-state index is -0.497. The predicted octanol–water partition coefficient (Wildman–Crippen LogP) is 3.73. The molecular formula is C21H22ClN3O3. The van der Waals surface area contributed by atoms with Crippen LogP contribution in [0.25, 0.3) is 10.9 Å². The van der Waals surface area contributed by atoms with Crippen LogP contribution in [0.3, 0.4) is 0 Å². The molecule has 0 aliphatic heterocycles. The maximum absolute atomic E-state index is 13.0. The van der Waals surface area contributed by atoms with Gasteiger partial charge in [-0.25, -0.2) is 4.79 Å². The Hall–Kier alpha value is -2.86. The maximum Gasteiger partial charge on any atom is 0.332 e. The molecule has 0 bridgehead atoms. The van der Waals surface area contributed by atoms with Gasteiger partial charge in [0.25, 0.3) is 5.56 Å². The number of aryl methyl sites for hydroxylation is 1. The Morgan fingerprint density at radius 1 is 1.18 bits per heavy atom. The summed E-state index contributed by atoms with van der Waals surface area (Å²) in [7, 11) is 0. The predicted molar refractivity (Wildman–Crippen MR) is 112 cm³/mol. The van der Waals surface area contributed by atoms with Crippen LogP contribution in [0.5, 0.6) is 0 Å². The number of rotatable bonds is 5. The van der Waals surface area contributed by atoms with Crippen molar-refractivity contribution in [3.8, 4) is 0 Å². The van der Waals surface area contributed by atoms with E-state index in [1.807, 2.05) is 26.8 Å². The average Bonchev–Trinajstić information content (AvgIpc) is 2.67. The number of anilines is 1.